The van der Waals surface area contributed by atoms with Gasteiger partial charge in [-0.15, -0.1) is 0 Å². The molecule has 2 aromatic rings. The normalized spacial score (nSPS) is 10.1. The van der Waals surface area contributed by atoms with Crippen molar-refractivity contribution in [3.63, 3.8) is 0 Å². The molecule has 0 aliphatic carbocycles. The minimum atomic E-state index is -0.917. The molecular formula is C12H10FN3O5. The number of hydrogen-bond donors (Lipinski definition) is 1. The summed E-state index contributed by atoms with van der Waals surface area (Å²) in [6, 6.07) is 5.78. The van der Waals surface area contributed by atoms with Crippen molar-refractivity contribution in [2.45, 2.75) is 0 Å². The number of nitrogens with one attached hydrogen (secondary N) is 1. The van der Waals surface area contributed by atoms with E-state index >= 15 is 0 Å². The van der Waals surface area contributed by atoms with E-state index in [1.54, 1.807) is 6.07 Å². The van der Waals surface area contributed by atoms with Gasteiger partial charge in [-0.05, 0) is 12.1 Å². The lowest BCUT2D eigenvalue weighted by Gasteiger charge is -2.08. The highest BCUT2D eigenvalue weighted by Crippen LogP contribution is 2.18. The van der Waals surface area contributed by atoms with E-state index in [0.717, 1.165) is 6.33 Å². The first-order chi connectivity index (χ1) is 10.1. The summed E-state index contributed by atoms with van der Waals surface area (Å²) < 4.78 is 23.4. The molecule has 0 bridgehead atoms. The van der Waals surface area contributed by atoms with Crippen LogP contribution in [0.4, 0.5) is 10.1 Å². The molecule has 1 heterocycles. The molecule has 8 nitrogen and oxygen atoms in total. The van der Waals surface area contributed by atoms with E-state index in [2.05, 4.69) is 9.97 Å². The number of para-hydroxylation sites is 1. The van der Waals surface area contributed by atoms with Crippen LogP contribution in [0.3, 0.4) is 0 Å². The number of nitro groups is 1. The third-order valence-electron chi connectivity index (χ3n) is 2.39. The molecule has 0 fully saturated rings. The van der Waals surface area contributed by atoms with E-state index in [-0.39, 0.29) is 19.0 Å². The molecule has 0 aliphatic heterocycles. The molecule has 0 radical (unpaired) electrons. The van der Waals surface area contributed by atoms with Crippen LogP contribution >= 0.6 is 0 Å². The topological polar surface area (TPSA) is 107 Å². The Morgan fingerprint density at radius 1 is 1.29 bits per heavy atom. The van der Waals surface area contributed by atoms with Gasteiger partial charge in [0.15, 0.2) is 11.6 Å². The maximum atomic E-state index is 13.2. The molecule has 0 amide bonds. The second-order valence-electron chi connectivity index (χ2n) is 3.77. The summed E-state index contributed by atoms with van der Waals surface area (Å²) >= 11 is 0. The first-order valence-electron chi connectivity index (χ1n) is 5.82. The zero-order chi connectivity index (χ0) is 15.2. The highest BCUT2D eigenvalue weighted by molar-refractivity contribution is 5.37. The average molecular weight is 295 g/mol. The van der Waals surface area contributed by atoms with Gasteiger partial charge in [-0.3, -0.25) is 14.9 Å². The lowest BCUT2D eigenvalue weighted by molar-refractivity contribution is -0.387. The number of H-pyrrole nitrogens is 1. The Labute approximate surface area is 117 Å². The maximum Gasteiger partial charge on any atom is 0.395 e. The average Bonchev–Trinajstić information content (AvgIpc) is 2.45. The van der Waals surface area contributed by atoms with E-state index < -0.39 is 27.9 Å². The molecular weight excluding hydrogens is 285 g/mol. The molecule has 1 aromatic carbocycles. The van der Waals surface area contributed by atoms with Crippen LogP contribution in [0.2, 0.25) is 0 Å². The van der Waals surface area contributed by atoms with Crippen molar-refractivity contribution in [3.8, 4) is 11.6 Å². The summed E-state index contributed by atoms with van der Waals surface area (Å²) in [6.45, 7) is -0.196. The third kappa shape index (κ3) is 3.53. The molecule has 21 heavy (non-hydrogen) atoms. The van der Waals surface area contributed by atoms with Crippen molar-refractivity contribution in [2.24, 2.45) is 0 Å². The van der Waals surface area contributed by atoms with Crippen LogP contribution in [0.15, 0.2) is 35.4 Å². The Kier molecular flexibility index (Phi) is 4.44. The number of halogens is 1. The number of ether oxygens (including phenoxy) is 2. The highest BCUT2D eigenvalue weighted by atomic mass is 19.1. The number of nitrogens with zero attached hydrogens (tertiary/aromatic N) is 2. The van der Waals surface area contributed by atoms with E-state index in [4.69, 9.17) is 9.47 Å². The number of hydrogen-bond acceptors (Lipinski definition) is 6. The van der Waals surface area contributed by atoms with Crippen molar-refractivity contribution in [1.82, 2.24) is 9.97 Å². The van der Waals surface area contributed by atoms with E-state index in [9.17, 15) is 19.3 Å². The fourth-order valence-corrected chi connectivity index (χ4v) is 1.49. The Morgan fingerprint density at radius 2 is 2.00 bits per heavy atom. The van der Waals surface area contributed by atoms with Crippen molar-refractivity contribution in [1.29, 1.82) is 0 Å². The molecule has 110 valence electrons. The number of aromatic nitrogens is 2. The maximum absolute atomic E-state index is 13.2. The first-order valence-corrected chi connectivity index (χ1v) is 5.82. The summed E-state index contributed by atoms with van der Waals surface area (Å²) in [6.07, 6.45) is 0.988. The minimum Gasteiger partial charge on any atom is -0.487 e. The third-order valence-corrected chi connectivity index (χ3v) is 2.39. The van der Waals surface area contributed by atoms with Gasteiger partial charge in [-0.2, -0.15) is 4.98 Å². The molecule has 0 aliphatic rings. The molecule has 1 N–H and O–H groups in total. The van der Waals surface area contributed by atoms with Crippen LogP contribution in [-0.2, 0) is 0 Å². The van der Waals surface area contributed by atoms with Gasteiger partial charge in [0.2, 0.25) is 0 Å². The molecule has 1 aromatic heterocycles. The van der Waals surface area contributed by atoms with Crippen molar-refractivity contribution >= 4 is 5.69 Å². The summed E-state index contributed by atoms with van der Waals surface area (Å²) in [7, 11) is 0. The van der Waals surface area contributed by atoms with Gasteiger partial charge >= 0.3 is 17.1 Å². The van der Waals surface area contributed by atoms with Crippen molar-refractivity contribution < 1.29 is 18.8 Å². The van der Waals surface area contributed by atoms with E-state index in [1.807, 2.05) is 0 Å². The number of aromatic amines is 1. The second kappa shape index (κ2) is 6.46. The molecule has 9 heteroatoms. The highest BCUT2D eigenvalue weighted by Gasteiger charge is 2.21. The quantitative estimate of drug-likeness (QED) is 0.488. The monoisotopic (exact) mass is 295 g/mol. The SMILES string of the molecule is O=c1[nH]cnc(OCCOc2ccccc2F)c1[N+](=O)[O-]. The molecule has 0 spiro atoms. The van der Waals surface area contributed by atoms with Crippen LogP contribution in [0.1, 0.15) is 0 Å². The van der Waals surface area contributed by atoms with Crippen LogP contribution in [-0.4, -0.2) is 28.1 Å². The van der Waals surface area contributed by atoms with Crippen LogP contribution in [0.25, 0.3) is 0 Å². The van der Waals surface area contributed by atoms with Crippen LogP contribution < -0.4 is 15.0 Å². The molecule has 0 atom stereocenters. The Bertz CT molecular complexity index is 703. The minimum absolute atomic E-state index is 0.0365. The van der Waals surface area contributed by atoms with Gasteiger partial charge in [0.1, 0.15) is 13.2 Å². The standard InChI is InChI=1S/C12H10FN3O5/c13-8-3-1-2-4-9(8)20-5-6-21-12-10(16(18)19)11(17)14-7-15-12/h1-4,7H,5-6H2,(H,14,15,17). The van der Waals surface area contributed by atoms with Gasteiger partial charge in [0.25, 0.3) is 0 Å². The summed E-state index contributed by atoms with van der Waals surface area (Å²) in [4.78, 5) is 26.8. The first kappa shape index (κ1) is 14.4. The van der Waals surface area contributed by atoms with Crippen LogP contribution in [0, 0.1) is 15.9 Å². The zero-order valence-electron chi connectivity index (χ0n) is 10.6. The molecule has 2 rings (SSSR count). The fraction of sp³-hybridized carbons (Fsp3) is 0.167. The van der Waals surface area contributed by atoms with Gasteiger partial charge in [-0.25, -0.2) is 4.39 Å². The van der Waals surface area contributed by atoms with Gasteiger partial charge in [0.05, 0.1) is 11.3 Å². The van der Waals surface area contributed by atoms with E-state index in [1.165, 1.54) is 18.2 Å². The summed E-state index contributed by atoms with van der Waals surface area (Å²) in [5.74, 6) is -0.909. The Morgan fingerprint density at radius 3 is 2.71 bits per heavy atom. The molecule has 0 saturated carbocycles. The Balaban J connectivity index is 1.96. The predicted molar refractivity (Wildman–Crippen MR) is 68.9 cm³/mol. The van der Waals surface area contributed by atoms with Crippen LogP contribution in [0.5, 0.6) is 11.6 Å². The van der Waals surface area contributed by atoms with E-state index in [0.29, 0.717) is 0 Å². The lowest BCUT2D eigenvalue weighted by Crippen LogP contribution is -2.17. The largest absolute Gasteiger partial charge is 0.487 e. The van der Waals surface area contributed by atoms with Gasteiger partial charge in [-0.1, -0.05) is 12.1 Å². The number of benzene rings is 1. The molecule has 0 unspecified atom stereocenters. The Hall–Kier alpha value is -2.97. The van der Waals surface area contributed by atoms with Gasteiger partial charge < -0.3 is 14.5 Å². The second-order valence-corrected chi connectivity index (χ2v) is 3.77. The number of rotatable bonds is 6. The van der Waals surface area contributed by atoms with Crippen molar-refractivity contribution in [3.05, 3.63) is 56.9 Å². The smallest absolute Gasteiger partial charge is 0.395 e. The summed E-state index contributed by atoms with van der Waals surface area (Å²) in [5, 5.41) is 10.7. The van der Waals surface area contributed by atoms with Gasteiger partial charge in [0, 0.05) is 0 Å². The predicted octanol–water partition coefficient (Wildman–Crippen LogP) is 1.27. The van der Waals surface area contributed by atoms with Crippen molar-refractivity contribution in [2.75, 3.05) is 13.2 Å². The fourth-order valence-electron chi connectivity index (χ4n) is 1.49. The lowest BCUT2D eigenvalue weighted by atomic mass is 10.3. The summed E-state index contributed by atoms with van der Waals surface area (Å²) in [5.41, 5.74) is -1.71. The zero-order valence-corrected chi connectivity index (χ0v) is 10.6. The molecule has 0 saturated heterocycles.